The molecule has 1 aliphatic rings. The van der Waals surface area contributed by atoms with E-state index < -0.39 is 82.2 Å². The average molecular weight is 645 g/mol. The molecular formula is C35H52N2O9. The maximum absolute atomic E-state index is 13.4. The molecule has 0 aliphatic carbocycles. The van der Waals surface area contributed by atoms with Crippen molar-refractivity contribution in [2.75, 3.05) is 6.61 Å². The molecule has 1 N–H and O–H groups in total. The van der Waals surface area contributed by atoms with Gasteiger partial charge in [-0.3, -0.25) is 24.5 Å². The zero-order valence-corrected chi connectivity index (χ0v) is 29.6. The number of rotatable bonds is 8. The van der Waals surface area contributed by atoms with E-state index in [4.69, 9.17) is 23.7 Å². The van der Waals surface area contributed by atoms with Gasteiger partial charge in [-0.25, -0.2) is 0 Å². The standard InChI is InChI=1S/C35H52N2O9/c1-20-14-16-21(17-15-20)22(18-36)37-27-26(46-31(41)35(11,12)13)25(45-30(40)34(8,9)10)24(44-29(39)33(5,6)7)23(43-27)19-42-28(38)32(2,3)4/h14-17,22-27,37H,19H2,1-13H3/t22-,23+,24-,25-,26+,27+/m0/s1. The summed E-state index contributed by atoms with van der Waals surface area (Å²) >= 11 is 0. The van der Waals surface area contributed by atoms with Gasteiger partial charge in [0.15, 0.2) is 24.5 Å². The summed E-state index contributed by atoms with van der Waals surface area (Å²) in [5, 5.41) is 13.3. The number of nitrogens with zero attached hydrogens (tertiary/aromatic N) is 1. The Bertz CT molecular complexity index is 1290. The van der Waals surface area contributed by atoms with Gasteiger partial charge in [0, 0.05) is 0 Å². The lowest BCUT2D eigenvalue weighted by atomic mass is 9.92. The molecule has 0 bridgehead atoms. The first kappa shape index (κ1) is 38.7. The highest BCUT2D eigenvalue weighted by Gasteiger charge is 2.55. The van der Waals surface area contributed by atoms with Crippen LogP contribution in [-0.2, 0) is 42.9 Å². The summed E-state index contributed by atoms with van der Waals surface area (Å²) in [6.07, 6.45) is -6.60. The molecule has 11 nitrogen and oxygen atoms in total. The number of carbonyl (C=O) groups is 4. The lowest BCUT2D eigenvalue weighted by molar-refractivity contribution is -0.265. The van der Waals surface area contributed by atoms with Gasteiger partial charge in [0.05, 0.1) is 27.7 Å². The van der Waals surface area contributed by atoms with Crippen LogP contribution in [-0.4, -0.2) is 61.1 Å². The number of aryl methyl sites for hydroxylation is 1. The average Bonchev–Trinajstić information content (AvgIpc) is 2.91. The fourth-order valence-corrected chi connectivity index (χ4v) is 3.99. The molecule has 1 aromatic carbocycles. The van der Waals surface area contributed by atoms with Crippen LogP contribution in [0.25, 0.3) is 0 Å². The number of ether oxygens (including phenoxy) is 5. The Hall–Kier alpha value is -3.49. The van der Waals surface area contributed by atoms with Gasteiger partial charge in [0.25, 0.3) is 0 Å². The lowest BCUT2D eigenvalue weighted by Crippen LogP contribution is -2.66. The van der Waals surface area contributed by atoms with Crippen molar-refractivity contribution < 1.29 is 42.9 Å². The van der Waals surface area contributed by atoms with Gasteiger partial charge in [-0.1, -0.05) is 29.8 Å². The largest absolute Gasteiger partial charge is 0.462 e. The summed E-state index contributed by atoms with van der Waals surface area (Å²) in [5.41, 5.74) is -2.21. The Kier molecular flexibility index (Phi) is 12.2. The second-order valence-corrected chi connectivity index (χ2v) is 15.9. The van der Waals surface area contributed by atoms with Crippen LogP contribution >= 0.6 is 0 Å². The van der Waals surface area contributed by atoms with Crippen LogP contribution in [0.4, 0.5) is 0 Å². The van der Waals surface area contributed by atoms with Crippen LogP contribution in [0.15, 0.2) is 24.3 Å². The highest BCUT2D eigenvalue weighted by Crippen LogP contribution is 2.34. The third-order valence-corrected chi connectivity index (χ3v) is 7.06. The molecule has 256 valence electrons. The fraction of sp³-hybridized carbons (Fsp3) is 0.686. The van der Waals surface area contributed by atoms with Crippen molar-refractivity contribution in [3.05, 3.63) is 35.4 Å². The summed E-state index contributed by atoms with van der Waals surface area (Å²) in [6, 6.07) is 8.52. The summed E-state index contributed by atoms with van der Waals surface area (Å²) in [7, 11) is 0. The molecule has 0 spiro atoms. The molecule has 11 heteroatoms. The predicted molar refractivity (Wildman–Crippen MR) is 170 cm³/mol. The zero-order chi connectivity index (χ0) is 35.4. The van der Waals surface area contributed by atoms with Gasteiger partial charge < -0.3 is 23.7 Å². The van der Waals surface area contributed by atoms with Gasteiger partial charge in [0.2, 0.25) is 0 Å². The van der Waals surface area contributed by atoms with E-state index in [9.17, 15) is 24.4 Å². The molecule has 0 radical (unpaired) electrons. The molecule has 1 aromatic rings. The molecule has 0 aromatic heterocycles. The van der Waals surface area contributed by atoms with E-state index in [1.54, 1.807) is 95.2 Å². The molecule has 1 saturated heterocycles. The minimum absolute atomic E-state index is 0.387. The highest BCUT2D eigenvalue weighted by atomic mass is 16.7. The highest BCUT2D eigenvalue weighted by molar-refractivity contribution is 5.78. The number of nitriles is 1. The van der Waals surface area contributed by atoms with E-state index in [0.29, 0.717) is 5.56 Å². The number of nitrogens with one attached hydrogen (secondary N) is 1. The maximum Gasteiger partial charge on any atom is 0.311 e. The first-order valence-electron chi connectivity index (χ1n) is 15.5. The third kappa shape index (κ3) is 10.5. The first-order valence-corrected chi connectivity index (χ1v) is 15.5. The smallest absolute Gasteiger partial charge is 0.311 e. The molecule has 2 rings (SSSR count). The van der Waals surface area contributed by atoms with E-state index in [0.717, 1.165) is 5.56 Å². The number of hydrogen-bond acceptors (Lipinski definition) is 11. The molecule has 0 unspecified atom stereocenters. The van der Waals surface area contributed by atoms with Crippen molar-refractivity contribution in [1.82, 2.24) is 5.32 Å². The third-order valence-electron chi connectivity index (χ3n) is 7.06. The van der Waals surface area contributed by atoms with Crippen LogP contribution < -0.4 is 5.32 Å². The van der Waals surface area contributed by atoms with E-state index >= 15 is 0 Å². The van der Waals surface area contributed by atoms with Gasteiger partial charge >= 0.3 is 23.9 Å². The Morgan fingerprint density at radius 2 is 1.13 bits per heavy atom. The maximum atomic E-state index is 13.4. The van der Waals surface area contributed by atoms with Crippen LogP contribution in [0.2, 0.25) is 0 Å². The Morgan fingerprint density at radius 3 is 1.54 bits per heavy atom. The molecule has 1 heterocycles. The summed E-state index contributed by atoms with van der Waals surface area (Å²) in [6.45, 7) is 21.5. The van der Waals surface area contributed by atoms with Crippen LogP contribution in [0, 0.1) is 39.9 Å². The van der Waals surface area contributed by atoms with E-state index in [1.807, 2.05) is 19.1 Å². The lowest BCUT2D eigenvalue weighted by Gasteiger charge is -2.46. The molecule has 0 saturated carbocycles. The molecule has 1 aliphatic heterocycles. The van der Waals surface area contributed by atoms with Crippen molar-refractivity contribution >= 4 is 23.9 Å². The van der Waals surface area contributed by atoms with Crippen LogP contribution in [0.3, 0.4) is 0 Å². The second kappa shape index (κ2) is 14.5. The van der Waals surface area contributed by atoms with E-state index in [2.05, 4.69) is 11.4 Å². The Balaban J connectivity index is 2.75. The molecule has 0 amide bonds. The van der Waals surface area contributed by atoms with Crippen molar-refractivity contribution in [2.45, 2.75) is 127 Å². The van der Waals surface area contributed by atoms with Gasteiger partial charge in [-0.2, -0.15) is 5.26 Å². The quantitative estimate of drug-likeness (QED) is 0.289. The second-order valence-electron chi connectivity index (χ2n) is 15.9. The van der Waals surface area contributed by atoms with Crippen molar-refractivity contribution in [2.24, 2.45) is 21.7 Å². The number of hydrogen-bond donors (Lipinski definition) is 1. The summed E-state index contributed by atoms with van der Waals surface area (Å²) in [4.78, 5) is 52.9. The van der Waals surface area contributed by atoms with Crippen LogP contribution in [0.5, 0.6) is 0 Å². The minimum atomic E-state index is -1.41. The molecular weight excluding hydrogens is 592 g/mol. The van der Waals surface area contributed by atoms with Gasteiger partial charge in [-0.15, -0.1) is 0 Å². The first-order chi connectivity index (χ1) is 20.9. The monoisotopic (exact) mass is 644 g/mol. The van der Waals surface area contributed by atoms with Crippen molar-refractivity contribution in [3.63, 3.8) is 0 Å². The zero-order valence-electron chi connectivity index (χ0n) is 29.6. The number of carbonyl (C=O) groups excluding carboxylic acids is 4. The predicted octanol–water partition coefficient (Wildman–Crippen LogP) is 5.34. The summed E-state index contributed by atoms with van der Waals surface area (Å²) in [5.74, 6) is -2.49. The van der Waals surface area contributed by atoms with Crippen LogP contribution in [0.1, 0.15) is 100 Å². The topological polar surface area (TPSA) is 150 Å². The summed E-state index contributed by atoms with van der Waals surface area (Å²) < 4.78 is 30.0. The van der Waals surface area contributed by atoms with Crippen molar-refractivity contribution in [1.29, 1.82) is 5.26 Å². The number of esters is 4. The Labute approximate surface area is 273 Å². The SMILES string of the molecule is Cc1ccc([C@H](C#N)N[C@@H]2O[C@H](COC(=O)C(C)(C)C)[C@H](OC(=O)C(C)(C)C)[C@H](OC(=O)C(C)(C)C)[C@H]2OC(=O)C(C)(C)C)cc1. The molecule has 6 atom stereocenters. The normalized spacial score (nSPS) is 23.0. The fourth-order valence-electron chi connectivity index (χ4n) is 3.99. The van der Waals surface area contributed by atoms with Gasteiger partial charge in [-0.05, 0) is 95.6 Å². The number of benzene rings is 1. The van der Waals surface area contributed by atoms with Gasteiger partial charge in [0.1, 0.15) is 18.8 Å². The molecule has 1 fully saturated rings. The Morgan fingerprint density at radius 1 is 0.717 bits per heavy atom. The van der Waals surface area contributed by atoms with E-state index in [-0.39, 0.29) is 6.61 Å². The van der Waals surface area contributed by atoms with E-state index in [1.165, 1.54) is 0 Å². The minimum Gasteiger partial charge on any atom is -0.462 e. The molecule has 46 heavy (non-hydrogen) atoms. The van der Waals surface area contributed by atoms with Crippen molar-refractivity contribution in [3.8, 4) is 6.07 Å².